The number of carbonyl (C=O) groups is 5. The Morgan fingerprint density at radius 2 is 1.70 bits per heavy atom. The predicted octanol–water partition coefficient (Wildman–Crippen LogP) is 4.70. The second-order valence-electron chi connectivity index (χ2n) is 15.1. The maximum Gasteiger partial charge on any atom is 0.262 e. The Morgan fingerprint density at radius 1 is 0.907 bits per heavy atom. The number of carbonyl (C=O) groups excluding carboxylic acids is 5. The Balaban J connectivity index is 0.809. The van der Waals surface area contributed by atoms with Crippen molar-refractivity contribution in [3.63, 3.8) is 0 Å². The highest BCUT2D eigenvalue weighted by Gasteiger charge is 2.45. The highest BCUT2D eigenvalue weighted by molar-refractivity contribution is 6.24. The molecule has 5 heterocycles. The molecule has 4 aromatic rings. The van der Waals surface area contributed by atoms with Crippen LogP contribution in [0.4, 0.5) is 11.5 Å². The van der Waals surface area contributed by atoms with Gasteiger partial charge in [0.1, 0.15) is 11.9 Å². The highest BCUT2D eigenvalue weighted by atomic mass is 16.2. The average molecular weight is 731 g/mol. The molecule has 2 saturated heterocycles. The zero-order chi connectivity index (χ0) is 37.3. The molecule has 3 atom stereocenters. The summed E-state index contributed by atoms with van der Waals surface area (Å²) >= 11 is 0. The third-order valence-electron chi connectivity index (χ3n) is 11.5. The minimum atomic E-state index is -0.967. The van der Waals surface area contributed by atoms with Crippen LogP contribution < -0.4 is 20.9 Å². The fourth-order valence-electron chi connectivity index (χ4n) is 8.63. The summed E-state index contributed by atoms with van der Waals surface area (Å²) in [5.74, 6) is -0.551. The van der Waals surface area contributed by atoms with Gasteiger partial charge in [-0.05, 0) is 99.6 Å². The van der Waals surface area contributed by atoms with Gasteiger partial charge in [-0.3, -0.25) is 34.2 Å². The molecule has 8 rings (SSSR count). The van der Waals surface area contributed by atoms with E-state index in [4.69, 9.17) is 4.98 Å². The smallest absolute Gasteiger partial charge is 0.262 e. The number of aromatic nitrogens is 3. The summed E-state index contributed by atoms with van der Waals surface area (Å²) in [5.41, 5.74) is 5.19. The van der Waals surface area contributed by atoms with Crippen LogP contribution in [-0.4, -0.2) is 80.2 Å². The molecule has 1 saturated carbocycles. The van der Waals surface area contributed by atoms with Crippen molar-refractivity contribution in [1.82, 2.24) is 30.1 Å². The van der Waals surface area contributed by atoms with E-state index in [9.17, 15) is 24.0 Å². The number of rotatable bonds is 11. The third-order valence-corrected chi connectivity index (χ3v) is 11.5. The van der Waals surface area contributed by atoms with Gasteiger partial charge >= 0.3 is 0 Å². The molecule has 54 heavy (non-hydrogen) atoms. The summed E-state index contributed by atoms with van der Waals surface area (Å²) < 4.78 is 1.85. The molecule has 280 valence electrons. The van der Waals surface area contributed by atoms with Crippen LogP contribution in [0.25, 0.3) is 5.65 Å². The molecule has 3 fully saturated rings. The van der Waals surface area contributed by atoms with E-state index in [2.05, 4.69) is 38.9 Å². The van der Waals surface area contributed by atoms with Gasteiger partial charge in [-0.25, -0.2) is 4.98 Å². The molecular weight excluding hydrogens is 685 g/mol. The van der Waals surface area contributed by atoms with Crippen LogP contribution in [-0.2, 0) is 22.4 Å². The van der Waals surface area contributed by atoms with Crippen molar-refractivity contribution in [2.24, 2.45) is 5.92 Å². The van der Waals surface area contributed by atoms with Crippen LogP contribution in [0.3, 0.4) is 0 Å². The Hall–Kier alpha value is -5.59. The topological polar surface area (TPSA) is 158 Å². The van der Waals surface area contributed by atoms with E-state index in [1.54, 1.807) is 18.3 Å². The summed E-state index contributed by atoms with van der Waals surface area (Å²) in [7, 11) is 0. The Bertz CT molecular complexity index is 2100. The van der Waals surface area contributed by atoms with Crippen molar-refractivity contribution in [2.75, 3.05) is 23.3 Å². The van der Waals surface area contributed by atoms with E-state index >= 15 is 0 Å². The molecule has 2 aromatic carbocycles. The number of nitrogens with zero attached hydrogens (tertiary/aromatic N) is 5. The van der Waals surface area contributed by atoms with Crippen molar-refractivity contribution < 1.29 is 24.0 Å². The van der Waals surface area contributed by atoms with Crippen LogP contribution in [0.5, 0.6) is 0 Å². The van der Waals surface area contributed by atoms with Crippen LogP contribution in [0.2, 0.25) is 0 Å². The summed E-state index contributed by atoms with van der Waals surface area (Å²) in [6.45, 7) is 3.93. The van der Waals surface area contributed by atoms with Gasteiger partial charge in [0.2, 0.25) is 11.8 Å². The lowest BCUT2D eigenvalue weighted by atomic mass is 9.88. The van der Waals surface area contributed by atoms with E-state index < -0.39 is 23.8 Å². The lowest BCUT2D eigenvalue weighted by Crippen LogP contribution is -2.54. The van der Waals surface area contributed by atoms with Crippen LogP contribution in [0, 0.1) is 5.92 Å². The molecule has 0 bridgehead atoms. The minimum absolute atomic E-state index is 0.0534. The predicted molar refractivity (Wildman–Crippen MR) is 202 cm³/mol. The third kappa shape index (κ3) is 7.06. The van der Waals surface area contributed by atoms with E-state index in [-0.39, 0.29) is 36.7 Å². The summed E-state index contributed by atoms with van der Waals surface area (Å²) in [6.07, 6.45) is 10.2. The summed E-state index contributed by atoms with van der Waals surface area (Å²) in [4.78, 5) is 72.2. The number of imide groups is 2. The second-order valence-corrected chi connectivity index (χ2v) is 15.1. The maximum absolute atomic E-state index is 13.5. The number of aryl methyl sites for hydroxylation is 2. The van der Waals surface area contributed by atoms with Crippen LogP contribution in [0.1, 0.15) is 107 Å². The second kappa shape index (κ2) is 15.0. The van der Waals surface area contributed by atoms with Crippen LogP contribution in [0.15, 0.2) is 60.8 Å². The Morgan fingerprint density at radius 3 is 2.48 bits per heavy atom. The van der Waals surface area contributed by atoms with Crippen molar-refractivity contribution in [2.45, 2.75) is 95.7 Å². The number of hydrogen-bond donors (Lipinski definition) is 3. The first-order valence-electron chi connectivity index (χ1n) is 19.3. The first kappa shape index (κ1) is 35.4. The number of piperidine rings is 2. The van der Waals surface area contributed by atoms with E-state index in [1.807, 2.05) is 40.9 Å². The molecule has 0 radical (unpaired) electrons. The van der Waals surface area contributed by atoms with E-state index in [0.29, 0.717) is 29.0 Å². The number of amides is 5. The number of fused-ring (bicyclic) bond motifs is 2. The number of nitrogens with one attached hydrogen (secondary N) is 3. The van der Waals surface area contributed by atoms with E-state index in [0.717, 1.165) is 97.8 Å². The molecule has 2 aromatic heterocycles. The standard InChI is InChI=1S/C41H46N8O5/c1-2-4-28-24-35(49-34(43-28)17-20-42-49)44-29-11-12-30(23-29)45-38(51)27-9-13-31(14-10-27)47-21-18-25(19-22-47)7-8-26-5-3-6-32-37(26)41(54)48(40(32)53)33-15-16-36(50)46-39(33)52/h3,5-6,9-10,13-14,17,20,24-25,29-30,33,44H,2,4,7-8,11-12,15-16,18-19,21-23H2,1H3,(H,45,51)(H,46,50,52)/t29-,30-,33?/m1/s1. The summed E-state index contributed by atoms with van der Waals surface area (Å²) in [5, 5.41) is 13.6. The van der Waals surface area contributed by atoms with Crippen molar-refractivity contribution in [1.29, 1.82) is 0 Å². The molecule has 4 aliphatic rings. The molecule has 3 N–H and O–H groups in total. The average Bonchev–Trinajstić information content (AvgIpc) is 3.90. The number of anilines is 2. The fourth-order valence-corrected chi connectivity index (χ4v) is 8.63. The zero-order valence-electron chi connectivity index (χ0n) is 30.6. The zero-order valence-corrected chi connectivity index (χ0v) is 30.6. The molecule has 0 spiro atoms. The highest BCUT2D eigenvalue weighted by Crippen LogP contribution is 2.33. The largest absolute Gasteiger partial charge is 0.372 e. The van der Waals surface area contributed by atoms with Gasteiger partial charge in [-0.15, -0.1) is 0 Å². The van der Waals surface area contributed by atoms with Gasteiger partial charge in [0, 0.05) is 60.7 Å². The normalized spacial score (nSPS) is 21.8. The molecule has 1 aliphatic carbocycles. The first-order chi connectivity index (χ1) is 26.2. The maximum atomic E-state index is 13.5. The Kier molecular flexibility index (Phi) is 9.87. The SMILES string of the molecule is CCCc1cc(N[C@@H]2CC[C@@H](NC(=O)c3ccc(N4CCC(CCc5cccc6c5C(=O)N(C5CCC(=O)NC5=O)C6=O)CC4)cc3)C2)n2nccc2n1. The van der Waals surface area contributed by atoms with Gasteiger partial charge < -0.3 is 15.5 Å². The van der Waals surface area contributed by atoms with Gasteiger partial charge in [0.25, 0.3) is 17.7 Å². The molecule has 5 amide bonds. The van der Waals surface area contributed by atoms with Gasteiger partial charge in [0.15, 0.2) is 5.65 Å². The van der Waals surface area contributed by atoms with Gasteiger partial charge in [-0.2, -0.15) is 9.61 Å². The monoisotopic (exact) mass is 730 g/mol. The van der Waals surface area contributed by atoms with Crippen molar-refractivity contribution >= 4 is 46.7 Å². The molecule has 13 heteroatoms. The summed E-state index contributed by atoms with van der Waals surface area (Å²) in [6, 6.07) is 16.6. The van der Waals surface area contributed by atoms with Crippen molar-refractivity contribution in [3.05, 3.63) is 88.7 Å². The Labute approximate surface area is 313 Å². The molecule has 1 unspecified atom stereocenters. The van der Waals surface area contributed by atoms with E-state index in [1.165, 1.54) is 0 Å². The molecular formula is C41H46N8O5. The molecule has 3 aliphatic heterocycles. The lowest BCUT2D eigenvalue weighted by Gasteiger charge is -2.34. The number of hydrogen-bond acceptors (Lipinski definition) is 9. The van der Waals surface area contributed by atoms with Crippen LogP contribution >= 0.6 is 0 Å². The van der Waals surface area contributed by atoms with Gasteiger partial charge in [-0.1, -0.05) is 25.5 Å². The van der Waals surface area contributed by atoms with Crippen molar-refractivity contribution in [3.8, 4) is 0 Å². The quantitative estimate of drug-likeness (QED) is 0.186. The fraction of sp³-hybridized carbons (Fsp3) is 0.439. The molecule has 13 nitrogen and oxygen atoms in total. The first-order valence-corrected chi connectivity index (χ1v) is 19.3. The number of benzene rings is 2. The van der Waals surface area contributed by atoms with Gasteiger partial charge in [0.05, 0.1) is 17.3 Å². The lowest BCUT2D eigenvalue weighted by molar-refractivity contribution is -0.136. The minimum Gasteiger partial charge on any atom is -0.372 e.